The highest BCUT2D eigenvalue weighted by Gasteiger charge is 2.29. The summed E-state index contributed by atoms with van der Waals surface area (Å²) in [5.41, 5.74) is 7.59. The van der Waals surface area contributed by atoms with E-state index in [1.807, 2.05) is 0 Å². The van der Waals surface area contributed by atoms with Crippen molar-refractivity contribution in [1.82, 2.24) is 0 Å². The molecular formula is C18H29NO. The van der Waals surface area contributed by atoms with Gasteiger partial charge in [-0.05, 0) is 48.8 Å². The monoisotopic (exact) mass is 275 g/mol. The molecule has 0 aromatic heterocycles. The van der Waals surface area contributed by atoms with Gasteiger partial charge >= 0.3 is 0 Å². The van der Waals surface area contributed by atoms with Crippen molar-refractivity contribution >= 4 is 0 Å². The molecule has 1 aromatic carbocycles. The number of hydrogen-bond donors (Lipinski definition) is 1. The molecule has 3 atom stereocenters. The fraction of sp³-hybridized carbons (Fsp3) is 0.667. The van der Waals surface area contributed by atoms with Gasteiger partial charge in [-0.1, -0.05) is 45.7 Å². The van der Waals surface area contributed by atoms with E-state index in [1.54, 1.807) is 0 Å². The molecule has 1 aromatic rings. The molecule has 0 aliphatic heterocycles. The molecule has 20 heavy (non-hydrogen) atoms. The van der Waals surface area contributed by atoms with Crippen LogP contribution in [0.5, 0.6) is 5.75 Å². The first-order chi connectivity index (χ1) is 9.60. The van der Waals surface area contributed by atoms with Crippen molar-refractivity contribution in [3.63, 3.8) is 0 Å². The standard InChI is InChI=1S/C18H29NO/c1-4-6-14-9-10-17(19)18(11-14)20-16-8-5-7-15(12-16)13(2)3/h5,7-8,12-14,17-18H,4,6,9-11,19H2,1-3H3. The highest BCUT2D eigenvalue weighted by molar-refractivity contribution is 5.30. The second-order valence-electron chi connectivity index (χ2n) is 6.52. The summed E-state index contributed by atoms with van der Waals surface area (Å²) in [6.07, 6.45) is 6.22. The van der Waals surface area contributed by atoms with E-state index < -0.39 is 0 Å². The lowest BCUT2D eigenvalue weighted by molar-refractivity contribution is 0.0992. The zero-order valence-corrected chi connectivity index (χ0v) is 13.1. The molecule has 1 aliphatic rings. The molecule has 0 saturated heterocycles. The maximum absolute atomic E-state index is 6.26. The lowest BCUT2D eigenvalue weighted by Gasteiger charge is -2.34. The van der Waals surface area contributed by atoms with Gasteiger partial charge in [0.1, 0.15) is 11.9 Å². The van der Waals surface area contributed by atoms with Gasteiger partial charge in [0.15, 0.2) is 0 Å². The molecule has 1 aliphatic carbocycles. The molecule has 1 saturated carbocycles. The van der Waals surface area contributed by atoms with E-state index in [-0.39, 0.29) is 12.1 Å². The lowest BCUT2D eigenvalue weighted by Crippen LogP contribution is -2.43. The minimum atomic E-state index is 0.183. The number of nitrogens with two attached hydrogens (primary N) is 1. The molecule has 0 spiro atoms. The normalized spacial score (nSPS) is 26.8. The van der Waals surface area contributed by atoms with Crippen molar-refractivity contribution < 1.29 is 4.74 Å². The van der Waals surface area contributed by atoms with Gasteiger partial charge in [0.25, 0.3) is 0 Å². The average Bonchev–Trinajstić information content (AvgIpc) is 2.43. The van der Waals surface area contributed by atoms with Gasteiger partial charge in [-0.2, -0.15) is 0 Å². The molecule has 0 radical (unpaired) electrons. The highest BCUT2D eigenvalue weighted by Crippen LogP contribution is 2.30. The molecule has 3 unspecified atom stereocenters. The van der Waals surface area contributed by atoms with Gasteiger partial charge in [-0.15, -0.1) is 0 Å². The average molecular weight is 275 g/mol. The van der Waals surface area contributed by atoms with Crippen LogP contribution in [-0.2, 0) is 0 Å². The Hall–Kier alpha value is -1.02. The predicted molar refractivity (Wildman–Crippen MR) is 85.2 cm³/mol. The van der Waals surface area contributed by atoms with Crippen LogP contribution in [0, 0.1) is 5.92 Å². The summed E-state index contributed by atoms with van der Waals surface area (Å²) in [6, 6.07) is 8.66. The van der Waals surface area contributed by atoms with E-state index >= 15 is 0 Å². The van der Waals surface area contributed by atoms with E-state index in [0.29, 0.717) is 5.92 Å². The van der Waals surface area contributed by atoms with Crippen LogP contribution in [0.25, 0.3) is 0 Å². The summed E-state index contributed by atoms with van der Waals surface area (Å²) in [5, 5.41) is 0. The second-order valence-corrected chi connectivity index (χ2v) is 6.52. The predicted octanol–water partition coefficient (Wildman–Crippen LogP) is 4.48. The van der Waals surface area contributed by atoms with Crippen molar-refractivity contribution in [2.45, 2.75) is 70.9 Å². The fourth-order valence-corrected chi connectivity index (χ4v) is 3.16. The molecule has 0 bridgehead atoms. The molecular weight excluding hydrogens is 246 g/mol. The first-order valence-electron chi connectivity index (χ1n) is 8.12. The Balaban J connectivity index is 2.01. The van der Waals surface area contributed by atoms with Gasteiger partial charge < -0.3 is 10.5 Å². The number of benzene rings is 1. The Bertz CT molecular complexity index is 416. The van der Waals surface area contributed by atoms with E-state index in [4.69, 9.17) is 10.5 Å². The lowest BCUT2D eigenvalue weighted by atomic mass is 9.82. The van der Waals surface area contributed by atoms with Crippen LogP contribution < -0.4 is 10.5 Å². The quantitative estimate of drug-likeness (QED) is 0.859. The topological polar surface area (TPSA) is 35.2 Å². The SMILES string of the molecule is CCCC1CCC(N)C(Oc2cccc(C(C)C)c2)C1. The molecule has 2 N–H and O–H groups in total. The van der Waals surface area contributed by atoms with Crippen molar-refractivity contribution in [1.29, 1.82) is 0 Å². The summed E-state index contributed by atoms with van der Waals surface area (Å²) in [4.78, 5) is 0. The Morgan fingerprint density at radius 2 is 2.10 bits per heavy atom. The van der Waals surface area contributed by atoms with Gasteiger partial charge in [-0.3, -0.25) is 0 Å². The second kappa shape index (κ2) is 7.12. The van der Waals surface area contributed by atoms with Crippen LogP contribution >= 0.6 is 0 Å². The smallest absolute Gasteiger partial charge is 0.120 e. The van der Waals surface area contributed by atoms with Crippen molar-refractivity contribution in [2.24, 2.45) is 11.7 Å². The molecule has 2 heteroatoms. The Labute approximate surface area is 123 Å². The number of rotatable bonds is 5. The van der Waals surface area contributed by atoms with Gasteiger partial charge in [0.05, 0.1) is 0 Å². The van der Waals surface area contributed by atoms with Crippen molar-refractivity contribution in [2.75, 3.05) is 0 Å². The third-order valence-electron chi connectivity index (χ3n) is 4.46. The molecule has 0 heterocycles. The third kappa shape index (κ3) is 3.99. The van der Waals surface area contributed by atoms with Gasteiger partial charge in [0, 0.05) is 6.04 Å². The van der Waals surface area contributed by atoms with Crippen LogP contribution in [-0.4, -0.2) is 12.1 Å². The van der Waals surface area contributed by atoms with Crippen LogP contribution in [0.4, 0.5) is 0 Å². The largest absolute Gasteiger partial charge is 0.489 e. The minimum absolute atomic E-state index is 0.183. The fourth-order valence-electron chi connectivity index (χ4n) is 3.16. The maximum atomic E-state index is 6.26. The summed E-state index contributed by atoms with van der Waals surface area (Å²) < 4.78 is 6.21. The van der Waals surface area contributed by atoms with Gasteiger partial charge in [0.2, 0.25) is 0 Å². The van der Waals surface area contributed by atoms with Crippen LogP contribution in [0.1, 0.15) is 64.4 Å². The summed E-state index contributed by atoms with van der Waals surface area (Å²) in [5.74, 6) is 2.30. The van der Waals surface area contributed by atoms with E-state index in [2.05, 4.69) is 45.0 Å². The molecule has 112 valence electrons. The Morgan fingerprint density at radius 1 is 1.30 bits per heavy atom. The van der Waals surface area contributed by atoms with E-state index in [9.17, 15) is 0 Å². The van der Waals surface area contributed by atoms with Crippen molar-refractivity contribution in [3.8, 4) is 5.75 Å². The van der Waals surface area contributed by atoms with Gasteiger partial charge in [-0.25, -0.2) is 0 Å². The Kier molecular flexibility index (Phi) is 5.47. The highest BCUT2D eigenvalue weighted by atomic mass is 16.5. The Morgan fingerprint density at radius 3 is 2.80 bits per heavy atom. The summed E-state index contributed by atoms with van der Waals surface area (Å²) in [7, 11) is 0. The van der Waals surface area contributed by atoms with E-state index in [1.165, 1.54) is 24.8 Å². The molecule has 1 fully saturated rings. The first-order valence-corrected chi connectivity index (χ1v) is 8.12. The van der Waals surface area contributed by atoms with Crippen molar-refractivity contribution in [3.05, 3.63) is 29.8 Å². The maximum Gasteiger partial charge on any atom is 0.120 e. The third-order valence-corrected chi connectivity index (χ3v) is 4.46. The molecule has 0 amide bonds. The van der Waals surface area contributed by atoms with Crippen LogP contribution in [0.3, 0.4) is 0 Å². The zero-order valence-electron chi connectivity index (χ0n) is 13.1. The molecule has 2 rings (SSSR count). The van der Waals surface area contributed by atoms with Crippen LogP contribution in [0.15, 0.2) is 24.3 Å². The number of ether oxygens (including phenoxy) is 1. The summed E-state index contributed by atoms with van der Waals surface area (Å²) >= 11 is 0. The minimum Gasteiger partial charge on any atom is -0.489 e. The molecule has 2 nitrogen and oxygen atoms in total. The van der Waals surface area contributed by atoms with Crippen LogP contribution in [0.2, 0.25) is 0 Å². The number of hydrogen-bond acceptors (Lipinski definition) is 2. The summed E-state index contributed by atoms with van der Waals surface area (Å²) in [6.45, 7) is 6.68. The zero-order chi connectivity index (χ0) is 14.5. The first kappa shape index (κ1) is 15.4. The van der Waals surface area contributed by atoms with E-state index in [0.717, 1.165) is 24.5 Å².